The highest BCUT2D eigenvalue weighted by Crippen LogP contribution is 2.33. The van der Waals surface area contributed by atoms with Crippen molar-refractivity contribution in [1.82, 2.24) is 20.4 Å². The van der Waals surface area contributed by atoms with Gasteiger partial charge < -0.3 is 20.3 Å². The van der Waals surface area contributed by atoms with E-state index in [-0.39, 0.29) is 18.0 Å². The molecule has 1 heterocycles. The predicted octanol–water partition coefficient (Wildman–Crippen LogP) is 0.831. The number of nitrogens with one attached hydrogen (secondary N) is 2. The van der Waals surface area contributed by atoms with Gasteiger partial charge in [0.05, 0.1) is 13.2 Å². The van der Waals surface area contributed by atoms with Gasteiger partial charge in [-0.25, -0.2) is 4.99 Å². The van der Waals surface area contributed by atoms with Crippen LogP contribution in [0.4, 0.5) is 0 Å². The van der Waals surface area contributed by atoms with Gasteiger partial charge in [-0.1, -0.05) is 25.3 Å². The Hall–Kier alpha value is -1.60. The van der Waals surface area contributed by atoms with Gasteiger partial charge in [-0.2, -0.15) is 0 Å². The molecule has 0 radical (unpaired) electrons. The Morgan fingerprint density at radius 3 is 2.54 bits per heavy atom. The molecule has 0 aromatic heterocycles. The second kappa shape index (κ2) is 10.5. The first-order valence-corrected chi connectivity index (χ1v) is 9.73. The normalized spacial score (nSPS) is 21.1. The van der Waals surface area contributed by atoms with E-state index in [1.165, 1.54) is 32.1 Å². The molecule has 0 atom stereocenters. The number of carbonyl (C=O) groups is 1. The number of likely N-dealkylation sites (N-methyl/N-ethyl adjacent to an activating group) is 1. The average Bonchev–Trinajstić information content (AvgIpc) is 2.68. The van der Waals surface area contributed by atoms with Crippen LogP contribution in [0.25, 0.3) is 0 Å². The van der Waals surface area contributed by atoms with Crippen LogP contribution in [0.15, 0.2) is 17.6 Å². The molecule has 2 fully saturated rings. The molecule has 0 spiro atoms. The van der Waals surface area contributed by atoms with Gasteiger partial charge in [-0.3, -0.25) is 9.69 Å². The zero-order valence-corrected chi connectivity index (χ0v) is 16.4. The van der Waals surface area contributed by atoms with Crippen molar-refractivity contribution in [3.05, 3.63) is 12.7 Å². The van der Waals surface area contributed by atoms with E-state index >= 15 is 0 Å². The molecule has 1 amide bonds. The van der Waals surface area contributed by atoms with Crippen molar-refractivity contribution < 1.29 is 9.53 Å². The topological polar surface area (TPSA) is 69.2 Å². The molecule has 1 aliphatic carbocycles. The average molecular weight is 366 g/mol. The van der Waals surface area contributed by atoms with Crippen molar-refractivity contribution in [3.8, 4) is 0 Å². The maximum Gasteiger partial charge on any atom is 0.243 e. The van der Waals surface area contributed by atoms with Gasteiger partial charge in [-0.15, -0.1) is 6.58 Å². The minimum atomic E-state index is -0.00902. The minimum absolute atomic E-state index is 0.00902. The lowest BCUT2D eigenvalue weighted by molar-refractivity contribution is -0.127. The lowest BCUT2D eigenvalue weighted by atomic mass is 9.80. The van der Waals surface area contributed by atoms with Crippen LogP contribution in [0.5, 0.6) is 0 Å². The molecule has 0 aromatic carbocycles. The van der Waals surface area contributed by atoms with E-state index in [9.17, 15) is 4.79 Å². The molecule has 7 heteroatoms. The number of guanidine groups is 1. The number of nitrogens with zero attached hydrogens (tertiary/aromatic N) is 3. The van der Waals surface area contributed by atoms with Crippen LogP contribution < -0.4 is 10.6 Å². The van der Waals surface area contributed by atoms with Gasteiger partial charge in [0, 0.05) is 45.8 Å². The van der Waals surface area contributed by atoms with Crippen LogP contribution >= 0.6 is 0 Å². The molecule has 1 saturated carbocycles. The highest BCUT2D eigenvalue weighted by Gasteiger charge is 2.38. The Morgan fingerprint density at radius 1 is 1.23 bits per heavy atom. The van der Waals surface area contributed by atoms with Gasteiger partial charge in [0.2, 0.25) is 5.91 Å². The zero-order valence-electron chi connectivity index (χ0n) is 16.4. The van der Waals surface area contributed by atoms with Gasteiger partial charge in [-0.05, 0) is 12.8 Å². The Balaban J connectivity index is 2.02. The first kappa shape index (κ1) is 20.7. The third-order valence-electron chi connectivity index (χ3n) is 5.34. The summed E-state index contributed by atoms with van der Waals surface area (Å²) in [7, 11) is 3.50. The standard InChI is InChI=1S/C19H35N5O2/c1-4-10-20-18(21-15-17(25)23(2)3)22-16-19(8-6-5-7-9-19)24-11-13-26-14-12-24/h4H,1,5-16H2,2-3H3,(H2,20,21,22). The first-order valence-electron chi connectivity index (χ1n) is 9.73. The summed E-state index contributed by atoms with van der Waals surface area (Å²) in [6, 6.07) is 0. The van der Waals surface area contributed by atoms with E-state index < -0.39 is 0 Å². The van der Waals surface area contributed by atoms with Crippen molar-refractivity contribution in [2.45, 2.75) is 37.6 Å². The van der Waals surface area contributed by atoms with Crippen molar-refractivity contribution in [2.75, 3.05) is 60.0 Å². The molecule has 1 saturated heterocycles. The quantitative estimate of drug-likeness (QED) is 0.397. The zero-order chi connectivity index (χ0) is 18.8. The Morgan fingerprint density at radius 2 is 1.92 bits per heavy atom. The Bertz CT molecular complexity index is 480. The van der Waals surface area contributed by atoms with Crippen LogP contribution in [0, 0.1) is 0 Å². The summed E-state index contributed by atoms with van der Waals surface area (Å²) in [5.41, 5.74) is 0.157. The summed E-state index contributed by atoms with van der Waals surface area (Å²) in [4.78, 5) is 20.5. The highest BCUT2D eigenvalue weighted by atomic mass is 16.5. The van der Waals surface area contributed by atoms with Crippen LogP contribution in [0.1, 0.15) is 32.1 Å². The fourth-order valence-electron chi connectivity index (χ4n) is 3.73. The van der Waals surface area contributed by atoms with E-state index in [0.717, 1.165) is 32.8 Å². The smallest absolute Gasteiger partial charge is 0.243 e. The van der Waals surface area contributed by atoms with Crippen LogP contribution in [-0.2, 0) is 9.53 Å². The number of hydrogen-bond donors (Lipinski definition) is 2. The first-order chi connectivity index (χ1) is 12.6. The lowest BCUT2D eigenvalue weighted by Gasteiger charge is -2.48. The summed E-state index contributed by atoms with van der Waals surface area (Å²) in [6.45, 7) is 8.97. The predicted molar refractivity (Wildman–Crippen MR) is 105 cm³/mol. The lowest BCUT2D eigenvalue weighted by Crippen LogP contribution is -2.60. The third kappa shape index (κ3) is 5.99. The van der Waals surface area contributed by atoms with Crippen molar-refractivity contribution in [2.24, 2.45) is 4.99 Å². The largest absolute Gasteiger partial charge is 0.379 e. The molecule has 2 N–H and O–H groups in total. The molecule has 2 rings (SSSR count). The van der Waals surface area contributed by atoms with Crippen molar-refractivity contribution in [3.63, 3.8) is 0 Å². The van der Waals surface area contributed by atoms with Crippen molar-refractivity contribution in [1.29, 1.82) is 0 Å². The van der Waals surface area contributed by atoms with E-state index in [2.05, 4.69) is 27.1 Å². The van der Waals surface area contributed by atoms with E-state index in [4.69, 9.17) is 4.74 Å². The number of amides is 1. The second-order valence-electron chi connectivity index (χ2n) is 7.36. The van der Waals surface area contributed by atoms with E-state index in [1.807, 2.05) is 0 Å². The molecule has 26 heavy (non-hydrogen) atoms. The fraction of sp³-hybridized carbons (Fsp3) is 0.789. The van der Waals surface area contributed by atoms with Crippen LogP contribution in [0.2, 0.25) is 0 Å². The summed E-state index contributed by atoms with van der Waals surface area (Å²) >= 11 is 0. The number of carbonyl (C=O) groups excluding carboxylic acids is 1. The Kier molecular flexibility index (Phi) is 8.38. The van der Waals surface area contributed by atoms with E-state index in [0.29, 0.717) is 12.5 Å². The number of aliphatic imine (C=N–C) groups is 1. The summed E-state index contributed by atoms with van der Waals surface area (Å²) in [5.74, 6) is 0.670. The molecule has 1 aliphatic heterocycles. The maximum absolute atomic E-state index is 11.9. The van der Waals surface area contributed by atoms with Crippen LogP contribution in [0.3, 0.4) is 0 Å². The van der Waals surface area contributed by atoms with E-state index in [1.54, 1.807) is 25.1 Å². The SMILES string of the molecule is C=CCNC(=NCC(=O)N(C)C)NCC1(N2CCOCC2)CCCCC1. The number of hydrogen-bond acceptors (Lipinski definition) is 4. The number of rotatable bonds is 7. The molecule has 0 bridgehead atoms. The minimum Gasteiger partial charge on any atom is -0.379 e. The van der Waals surface area contributed by atoms with Crippen LogP contribution in [-0.4, -0.2) is 87.2 Å². The molecular weight excluding hydrogens is 330 g/mol. The monoisotopic (exact) mass is 365 g/mol. The third-order valence-corrected chi connectivity index (χ3v) is 5.34. The molecule has 148 valence electrons. The molecule has 7 nitrogen and oxygen atoms in total. The van der Waals surface area contributed by atoms with Gasteiger partial charge in [0.25, 0.3) is 0 Å². The summed E-state index contributed by atoms with van der Waals surface area (Å²) in [6.07, 6.45) is 8.05. The van der Waals surface area contributed by atoms with Crippen molar-refractivity contribution >= 4 is 11.9 Å². The number of ether oxygens (including phenoxy) is 1. The fourth-order valence-corrected chi connectivity index (χ4v) is 3.73. The summed E-state index contributed by atoms with van der Waals surface area (Å²) < 4.78 is 5.55. The number of morpholine rings is 1. The highest BCUT2D eigenvalue weighted by molar-refractivity contribution is 5.84. The molecule has 2 aliphatic rings. The second-order valence-corrected chi connectivity index (χ2v) is 7.36. The molecule has 0 aromatic rings. The molecular formula is C19H35N5O2. The van der Waals surface area contributed by atoms with Gasteiger partial charge in [0.1, 0.15) is 6.54 Å². The maximum atomic E-state index is 11.9. The van der Waals surface area contributed by atoms with Gasteiger partial charge in [0.15, 0.2) is 5.96 Å². The molecule has 0 unspecified atom stereocenters. The van der Waals surface area contributed by atoms with Gasteiger partial charge >= 0.3 is 0 Å². The Labute approximate surface area is 157 Å². The summed E-state index contributed by atoms with van der Waals surface area (Å²) in [5, 5.41) is 6.72.